The number of hydrogen-bond donors (Lipinski definition) is 4. The molecule has 0 saturated heterocycles. The van der Waals surface area contributed by atoms with Crippen LogP contribution >= 0.6 is 11.6 Å². The van der Waals surface area contributed by atoms with Crippen molar-refractivity contribution in [2.24, 2.45) is 4.99 Å². The number of carbonyl (C=O) groups is 1. The van der Waals surface area contributed by atoms with E-state index in [0.717, 1.165) is 6.07 Å². The summed E-state index contributed by atoms with van der Waals surface area (Å²) in [6.45, 7) is 0. The first kappa shape index (κ1) is 18.4. The lowest BCUT2D eigenvalue weighted by Crippen LogP contribution is -2.24. The number of hydrogen-bond acceptors (Lipinski definition) is 5. The van der Waals surface area contributed by atoms with Crippen molar-refractivity contribution in [2.45, 2.75) is 0 Å². The first-order valence-electron chi connectivity index (χ1n) is 7.58. The second kappa shape index (κ2) is 8.30. The highest BCUT2D eigenvalue weighted by molar-refractivity contribution is 6.31. The predicted octanol–water partition coefficient (Wildman–Crippen LogP) is 4.17. The van der Waals surface area contributed by atoms with Gasteiger partial charge in [-0.2, -0.15) is 0 Å². The molecule has 0 spiro atoms. The molecule has 0 aliphatic heterocycles. The maximum Gasteiger partial charge on any atom is 0.324 e. The number of amidine groups is 1. The maximum absolute atomic E-state index is 13.3. The Labute approximate surface area is 157 Å². The Hall–Kier alpha value is -3.43. The monoisotopic (exact) mass is 389 g/mol. The lowest BCUT2D eigenvalue weighted by atomic mass is 10.2. The number of para-hydroxylation sites is 1. The van der Waals surface area contributed by atoms with E-state index in [2.05, 4.69) is 20.8 Å². The zero-order valence-electron chi connectivity index (χ0n) is 13.6. The molecule has 2 aromatic carbocycles. The number of nitrogens with zero attached hydrogens (tertiary/aromatic N) is 2. The molecule has 1 heterocycles. The maximum atomic E-state index is 13.3. The fraction of sp³-hybridized carbons (Fsp3) is 0. The predicted molar refractivity (Wildman–Crippen MR) is 98.1 cm³/mol. The van der Waals surface area contributed by atoms with Gasteiger partial charge in [0.15, 0.2) is 11.7 Å². The summed E-state index contributed by atoms with van der Waals surface area (Å²) in [4.78, 5) is 16.2. The number of benzene rings is 2. The van der Waals surface area contributed by atoms with E-state index in [1.165, 1.54) is 18.4 Å². The van der Waals surface area contributed by atoms with Crippen LogP contribution in [0.5, 0.6) is 0 Å². The summed E-state index contributed by atoms with van der Waals surface area (Å²) in [5, 5.41) is 18.0. The van der Waals surface area contributed by atoms with E-state index in [0.29, 0.717) is 5.69 Å². The molecule has 10 heteroatoms. The molecule has 0 aliphatic rings. The zero-order chi connectivity index (χ0) is 19.2. The van der Waals surface area contributed by atoms with Gasteiger partial charge >= 0.3 is 6.03 Å². The van der Waals surface area contributed by atoms with E-state index in [1.807, 2.05) is 11.5 Å². The van der Waals surface area contributed by atoms with Crippen LogP contribution in [0.1, 0.15) is 5.56 Å². The van der Waals surface area contributed by atoms with E-state index in [1.54, 1.807) is 24.3 Å². The molecule has 0 fully saturated rings. The minimum atomic E-state index is -0.598. The van der Waals surface area contributed by atoms with Gasteiger partial charge in [0.2, 0.25) is 0 Å². The molecule has 0 bridgehead atoms. The Balaban J connectivity index is 1.80. The average molecular weight is 390 g/mol. The van der Waals surface area contributed by atoms with Crippen LogP contribution in [0.4, 0.5) is 26.4 Å². The standard InChI is InChI=1S/C17H13ClFN5O3/c18-13-8-11(6-7-14(13)19)20-15(23-26)12-9-27-24-16(12)22-17(25)21-10-4-2-1-3-5-10/h1-9,26H,(H,20,23)(H2,21,22,24,25). The molecule has 0 aliphatic carbocycles. The van der Waals surface area contributed by atoms with Gasteiger partial charge < -0.3 is 9.84 Å². The lowest BCUT2D eigenvalue weighted by molar-refractivity contribution is 0.235. The Morgan fingerprint density at radius 1 is 1.19 bits per heavy atom. The quantitative estimate of drug-likeness (QED) is 0.304. The number of carbonyl (C=O) groups excluding carboxylic acids is 1. The van der Waals surface area contributed by atoms with Gasteiger partial charge in [0, 0.05) is 5.69 Å². The Bertz CT molecular complexity index is 978. The molecule has 0 saturated carbocycles. The Morgan fingerprint density at radius 2 is 1.96 bits per heavy atom. The highest BCUT2D eigenvalue weighted by atomic mass is 35.5. The number of aromatic nitrogens is 1. The van der Waals surface area contributed by atoms with E-state index in [9.17, 15) is 14.4 Å². The van der Waals surface area contributed by atoms with E-state index < -0.39 is 11.8 Å². The molecule has 8 nitrogen and oxygen atoms in total. The van der Waals surface area contributed by atoms with Crippen LogP contribution in [0, 0.1) is 5.82 Å². The van der Waals surface area contributed by atoms with Gasteiger partial charge in [-0.1, -0.05) is 35.0 Å². The zero-order valence-corrected chi connectivity index (χ0v) is 14.4. The van der Waals surface area contributed by atoms with Gasteiger partial charge in [-0.05, 0) is 30.3 Å². The summed E-state index contributed by atoms with van der Waals surface area (Å²) >= 11 is 5.72. The first-order valence-corrected chi connectivity index (χ1v) is 7.96. The van der Waals surface area contributed by atoms with Crippen LogP contribution in [-0.4, -0.2) is 22.2 Å². The number of halogens is 2. The molecule has 1 aromatic heterocycles. The third-order valence-corrected chi connectivity index (χ3v) is 3.63. The number of anilines is 2. The number of urea groups is 1. The van der Waals surface area contributed by atoms with Crippen LogP contribution in [0.3, 0.4) is 0 Å². The van der Waals surface area contributed by atoms with Gasteiger partial charge in [0.25, 0.3) is 0 Å². The van der Waals surface area contributed by atoms with Gasteiger partial charge in [0.05, 0.1) is 10.7 Å². The first-order chi connectivity index (χ1) is 13.1. The topological polar surface area (TPSA) is 112 Å². The Kier molecular flexibility index (Phi) is 5.64. The number of amides is 2. The molecule has 0 unspecified atom stereocenters. The second-order valence-electron chi connectivity index (χ2n) is 5.19. The minimum Gasteiger partial charge on any atom is -0.362 e. The van der Waals surface area contributed by atoms with Crippen LogP contribution in [-0.2, 0) is 0 Å². The molecule has 2 amide bonds. The molecule has 0 atom stereocenters. The van der Waals surface area contributed by atoms with Crippen LogP contribution in [0.2, 0.25) is 5.02 Å². The van der Waals surface area contributed by atoms with Gasteiger partial charge in [0.1, 0.15) is 17.6 Å². The summed E-state index contributed by atoms with van der Waals surface area (Å²) in [7, 11) is 0. The summed E-state index contributed by atoms with van der Waals surface area (Å²) in [5.74, 6) is -0.676. The fourth-order valence-corrected chi connectivity index (χ4v) is 2.29. The van der Waals surface area contributed by atoms with Crippen molar-refractivity contribution in [3.05, 3.63) is 71.2 Å². The fourth-order valence-electron chi connectivity index (χ4n) is 2.12. The van der Waals surface area contributed by atoms with E-state index in [-0.39, 0.29) is 27.9 Å². The highest BCUT2D eigenvalue weighted by Gasteiger charge is 2.17. The molecule has 3 aromatic rings. The van der Waals surface area contributed by atoms with Crippen molar-refractivity contribution < 1.29 is 18.9 Å². The lowest BCUT2D eigenvalue weighted by Gasteiger charge is -2.08. The molecule has 0 radical (unpaired) electrons. The van der Waals surface area contributed by atoms with Gasteiger partial charge in [-0.15, -0.1) is 0 Å². The highest BCUT2D eigenvalue weighted by Crippen LogP contribution is 2.23. The number of nitrogens with one attached hydrogen (secondary N) is 3. The van der Waals surface area contributed by atoms with E-state index >= 15 is 0 Å². The Morgan fingerprint density at radius 3 is 2.67 bits per heavy atom. The van der Waals surface area contributed by atoms with Crippen molar-refractivity contribution in [1.82, 2.24) is 10.6 Å². The number of hydroxylamine groups is 1. The largest absolute Gasteiger partial charge is 0.362 e. The van der Waals surface area contributed by atoms with Crippen LogP contribution in [0.25, 0.3) is 0 Å². The van der Waals surface area contributed by atoms with Crippen molar-refractivity contribution in [2.75, 3.05) is 10.6 Å². The third-order valence-electron chi connectivity index (χ3n) is 3.34. The second-order valence-corrected chi connectivity index (χ2v) is 5.60. The van der Waals surface area contributed by atoms with Crippen LogP contribution in [0.15, 0.2) is 64.3 Å². The molecule has 27 heavy (non-hydrogen) atoms. The number of aliphatic imine (C=N–C) groups is 1. The third kappa shape index (κ3) is 4.60. The number of rotatable bonds is 4. The molecule has 3 rings (SSSR count). The van der Waals surface area contributed by atoms with Crippen molar-refractivity contribution in [3.8, 4) is 0 Å². The smallest absolute Gasteiger partial charge is 0.324 e. The SMILES string of the molecule is O=C(Nc1ccccc1)Nc1nocc1C(=Nc1ccc(F)c(Cl)c1)NO. The van der Waals surface area contributed by atoms with Gasteiger partial charge in [-0.25, -0.2) is 14.2 Å². The summed E-state index contributed by atoms with van der Waals surface area (Å²) < 4.78 is 18.1. The molecule has 138 valence electrons. The summed E-state index contributed by atoms with van der Waals surface area (Å²) in [6, 6.07) is 12.0. The molecular weight excluding hydrogens is 377 g/mol. The van der Waals surface area contributed by atoms with Crippen LogP contribution < -0.4 is 16.1 Å². The normalized spacial score (nSPS) is 11.1. The van der Waals surface area contributed by atoms with Crippen molar-refractivity contribution in [1.29, 1.82) is 0 Å². The summed E-state index contributed by atoms with van der Waals surface area (Å²) in [5.41, 5.74) is 2.90. The molecular formula is C17H13ClFN5O3. The minimum absolute atomic E-state index is 0.0111. The molecule has 4 N–H and O–H groups in total. The summed E-state index contributed by atoms with van der Waals surface area (Å²) in [6.07, 6.45) is 1.17. The van der Waals surface area contributed by atoms with Gasteiger partial charge in [-0.3, -0.25) is 16.0 Å². The van der Waals surface area contributed by atoms with E-state index in [4.69, 9.17) is 16.1 Å². The average Bonchev–Trinajstić information content (AvgIpc) is 3.11. The van der Waals surface area contributed by atoms with Crippen molar-refractivity contribution in [3.63, 3.8) is 0 Å². The van der Waals surface area contributed by atoms with Crippen molar-refractivity contribution >= 4 is 40.7 Å².